The van der Waals surface area contributed by atoms with E-state index in [1.165, 1.54) is 0 Å². The monoisotopic (exact) mass is 247 g/mol. The summed E-state index contributed by atoms with van der Waals surface area (Å²) in [5.41, 5.74) is 6.32. The average molecular weight is 249 g/mol. The molecule has 1 rings (SSSR count). The molecule has 0 radical (unpaired) electrons. The third kappa shape index (κ3) is 2.46. The van der Waals surface area contributed by atoms with E-state index >= 15 is 0 Å². The minimum atomic E-state index is 0.346. The highest BCUT2D eigenvalue weighted by molar-refractivity contribution is 9.09. The van der Waals surface area contributed by atoms with Gasteiger partial charge in [-0.05, 0) is 6.07 Å². The molecule has 0 aliphatic heterocycles. The number of nitrogens with two attached hydrogens (primary N) is 1. The van der Waals surface area contributed by atoms with E-state index in [9.17, 15) is 0 Å². The lowest BCUT2D eigenvalue weighted by atomic mass is 10.2. The standard InChI is InChI=1S/C7H7BrClN3/c8-3-1-2-5-4-6(9)11-12-7(5)10/h1-2,4H,3H2,(H2,10,12). The van der Waals surface area contributed by atoms with Crippen LogP contribution in [0, 0.1) is 0 Å². The first kappa shape index (κ1) is 9.48. The Hall–Kier alpha value is -0.610. The zero-order chi connectivity index (χ0) is 8.97. The molecule has 1 aromatic rings. The molecule has 3 nitrogen and oxygen atoms in total. The molecule has 0 atom stereocenters. The lowest BCUT2D eigenvalue weighted by Crippen LogP contribution is -1.96. The molecule has 64 valence electrons. The number of nitrogens with zero attached hydrogens (tertiary/aromatic N) is 2. The van der Waals surface area contributed by atoms with Crippen molar-refractivity contribution in [1.29, 1.82) is 0 Å². The van der Waals surface area contributed by atoms with Gasteiger partial charge in [0.1, 0.15) is 0 Å². The van der Waals surface area contributed by atoms with E-state index in [2.05, 4.69) is 26.1 Å². The topological polar surface area (TPSA) is 51.8 Å². The van der Waals surface area contributed by atoms with E-state index < -0.39 is 0 Å². The predicted molar refractivity (Wildman–Crippen MR) is 54.3 cm³/mol. The lowest BCUT2D eigenvalue weighted by molar-refractivity contribution is 1.04. The molecule has 2 N–H and O–H groups in total. The van der Waals surface area contributed by atoms with Crippen LogP contribution in [-0.4, -0.2) is 15.5 Å². The van der Waals surface area contributed by atoms with Crippen LogP contribution in [0.25, 0.3) is 6.08 Å². The van der Waals surface area contributed by atoms with Crippen LogP contribution in [0.3, 0.4) is 0 Å². The molecule has 0 bridgehead atoms. The molecule has 1 aromatic heterocycles. The maximum Gasteiger partial charge on any atom is 0.153 e. The van der Waals surface area contributed by atoms with Crippen molar-refractivity contribution in [3.05, 3.63) is 22.9 Å². The maximum atomic E-state index is 5.62. The first-order chi connectivity index (χ1) is 5.74. The van der Waals surface area contributed by atoms with Crippen LogP contribution in [0.15, 0.2) is 12.1 Å². The first-order valence-electron chi connectivity index (χ1n) is 3.25. The Morgan fingerprint density at radius 2 is 2.33 bits per heavy atom. The van der Waals surface area contributed by atoms with E-state index in [0.717, 1.165) is 10.9 Å². The summed E-state index contributed by atoms with van der Waals surface area (Å²) in [4.78, 5) is 0. The number of halogens is 2. The molecule has 0 amide bonds. The van der Waals surface area contributed by atoms with E-state index in [4.69, 9.17) is 17.3 Å². The Labute approximate surface area is 83.8 Å². The van der Waals surface area contributed by atoms with Crippen LogP contribution in [0.5, 0.6) is 0 Å². The maximum absolute atomic E-state index is 5.62. The molecule has 0 aromatic carbocycles. The Kier molecular flexibility index (Phi) is 3.49. The Morgan fingerprint density at radius 1 is 1.58 bits per heavy atom. The number of anilines is 1. The predicted octanol–water partition coefficient (Wildman–Crippen LogP) is 2.12. The van der Waals surface area contributed by atoms with Crippen molar-refractivity contribution >= 4 is 39.4 Å². The minimum Gasteiger partial charge on any atom is -0.382 e. The molecular formula is C7H7BrClN3. The van der Waals surface area contributed by atoms with Gasteiger partial charge in [0.2, 0.25) is 0 Å². The highest BCUT2D eigenvalue weighted by atomic mass is 79.9. The second-order valence-corrected chi connectivity index (χ2v) is 3.10. The van der Waals surface area contributed by atoms with Crippen LogP contribution < -0.4 is 5.73 Å². The van der Waals surface area contributed by atoms with Gasteiger partial charge in [-0.1, -0.05) is 39.7 Å². The summed E-state index contributed by atoms with van der Waals surface area (Å²) in [6, 6.07) is 1.67. The van der Waals surface area contributed by atoms with Crippen LogP contribution >= 0.6 is 27.5 Å². The third-order valence-electron chi connectivity index (χ3n) is 1.21. The third-order valence-corrected chi connectivity index (χ3v) is 1.77. The molecule has 0 fully saturated rings. The number of hydrogen-bond acceptors (Lipinski definition) is 3. The molecule has 0 saturated carbocycles. The number of rotatable bonds is 2. The van der Waals surface area contributed by atoms with E-state index in [1.54, 1.807) is 6.07 Å². The molecular weight excluding hydrogens is 241 g/mol. The van der Waals surface area contributed by atoms with Gasteiger partial charge in [0.05, 0.1) is 0 Å². The Morgan fingerprint density at radius 3 is 3.00 bits per heavy atom. The zero-order valence-corrected chi connectivity index (χ0v) is 8.51. The van der Waals surface area contributed by atoms with Crippen LogP contribution in [0.1, 0.15) is 5.56 Å². The fourth-order valence-electron chi connectivity index (χ4n) is 0.695. The van der Waals surface area contributed by atoms with Gasteiger partial charge < -0.3 is 5.73 Å². The van der Waals surface area contributed by atoms with Gasteiger partial charge in [0, 0.05) is 10.9 Å². The van der Waals surface area contributed by atoms with Gasteiger partial charge in [-0.2, -0.15) is 0 Å². The van der Waals surface area contributed by atoms with Crippen molar-refractivity contribution in [1.82, 2.24) is 10.2 Å². The largest absolute Gasteiger partial charge is 0.382 e. The number of nitrogen functional groups attached to an aromatic ring is 1. The van der Waals surface area contributed by atoms with Crippen molar-refractivity contribution in [3.8, 4) is 0 Å². The zero-order valence-electron chi connectivity index (χ0n) is 6.17. The second kappa shape index (κ2) is 4.42. The highest BCUT2D eigenvalue weighted by Crippen LogP contribution is 2.13. The molecule has 1 heterocycles. The van der Waals surface area contributed by atoms with Gasteiger partial charge in [-0.3, -0.25) is 0 Å². The van der Waals surface area contributed by atoms with Crippen molar-refractivity contribution in [3.63, 3.8) is 0 Å². The van der Waals surface area contributed by atoms with E-state index in [0.29, 0.717) is 11.0 Å². The summed E-state index contributed by atoms with van der Waals surface area (Å²) in [6.07, 6.45) is 3.74. The van der Waals surface area contributed by atoms with Gasteiger partial charge >= 0.3 is 0 Å². The Balaban J connectivity index is 2.97. The number of alkyl halides is 1. The minimum absolute atomic E-state index is 0.346. The van der Waals surface area contributed by atoms with Gasteiger partial charge in [-0.15, -0.1) is 10.2 Å². The van der Waals surface area contributed by atoms with Crippen molar-refractivity contribution in [2.24, 2.45) is 0 Å². The number of allylic oxidation sites excluding steroid dienone is 1. The summed E-state index contributed by atoms with van der Waals surface area (Å²) in [6.45, 7) is 0. The fourth-order valence-corrected chi connectivity index (χ4v) is 1.04. The average Bonchev–Trinajstić information content (AvgIpc) is 2.07. The first-order valence-corrected chi connectivity index (χ1v) is 4.75. The van der Waals surface area contributed by atoms with Gasteiger partial charge in [0.15, 0.2) is 11.0 Å². The van der Waals surface area contributed by atoms with E-state index in [1.807, 2.05) is 12.2 Å². The second-order valence-electron chi connectivity index (χ2n) is 2.06. The van der Waals surface area contributed by atoms with Gasteiger partial charge in [-0.25, -0.2) is 0 Å². The highest BCUT2D eigenvalue weighted by Gasteiger charge is 1.97. The van der Waals surface area contributed by atoms with Crippen LogP contribution in [-0.2, 0) is 0 Å². The molecule has 0 aliphatic rings. The molecule has 0 aliphatic carbocycles. The quantitative estimate of drug-likeness (QED) is 0.816. The van der Waals surface area contributed by atoms with E-state index in [-0.39, 0.29) is 0 Å². The lowest BCUT2D eigenvalue weighted by Gasteiger charge is -1.96. The number of hydrogen-bond donors (Lipinski definition) is 1. The summed E-state index contributed by atoms with van der Waals surface area (Å²) >= 11 is 8.87. The van der Waals surface area contributed by atoms with Crippen molar-refractivity contribution in [2.75, 3.05) is 11.1 Å². The molecule has 0 unspecified atom stereocenters. The number of aromatic nitrogens is 2. The summed E-state index contributed by atoms with van der Waals surface area (Å²) in [5, 5.41) is 8.37. The van der Waals surface area contributed by atoms with Gasteiger partial charge in [0.25, 0.3) is 0 Å². The van der Waals surface area contributed by atoms with Crippen LogP contribution in [0.4, 0.5) is 5.82 Å². The summed E-state index contributed by atoms with van der Waals surface area (Å²) in [5.74, 6) is 0.386. The van der Waals surface area contributed by atoms with Crippen molar-refractivity contribution in [2.45, 2.75) is 0 Å². The summed E-state index contributed by atoms with van der Waals surface area (Å²) < 4.78 is 0. The van der Waals surface area contributed by atoms with Crippen LogP contribution in [0.2, 0.25) is 5.15 Å². The molecule has 5 heteroatoms. The normalized spacial score (nSPS) is 10.8. The fraction of sp³-hybridized carbons (Fsp3) is 0.143. The smallest absolute Gasteiger partial charge is 0.153 e. The molecule has 0 spiro atoms. The Bertz CT molecular complexity index is 301. The SMILES string of the molecule is Nc1nnc(Cl)cc1C=CCBr. The van der Waals surface area contributed by atoms with Crippen molar-refractivity contribution < 1.29 is 0 Å². The summed E-state index contributed by atoms with van der Waals surface area (Å²) in [7, 11) is 0. The molecule has 0 saturated heterocycles. The molecule has 12 heavy (non-hydrogen) atoms.